The van der Waals surface area contributed by atoms with Crippen LogP contribution in [-0.2, 0) is 19.1 Å². The Hall–Kier alpha value is -1.36. The number of hydrogen-bond acceptors (Lipinski definition) is 5. The molecule has 0 radical (unpaired) electrons. The van der Waals surface area contributed by atoms with Crippen molar-refractivity contribution in [2.45, 2.75) is 79.6 Å². The van der Waals surface area contributed by atoms with Crippen LogP contribution < -0.4 is 0 Å². The van der Waals surface area contributed by atoms with Crippen molar-refractivity contribution in [3.8, 4) is 0 Å². The fourth-order valence-electron chi connectivity index (χ4n) is 5.82. The van der Waals surface area contributed by atoms with Gasteiger partial charge in [0.25, 0.3) is 0 Å². The average Bonchev–Trinajstić information content (AvgIpc) is 2.66. The van der Waals surface area contributed by atoms with Gasteiger partial charge in [0.05, 0.1) is 6.61 Å². The molecule has 2 aliphatic rings. The lowest BCUT2D eigenvalue weighted by molar-refractivity contribution is -0.142. The maximum absolute atomic E-state index is 11.4. The van der Waals surface area contributed by atoms with Gasteiger partial charge in [-0.05, 0) is 79.1 Å². The van der Waals surface area contributed by atoms with Crippen LogP contribution in [0.4, 0.5) is 0 Å². The van der Waals surface area contributed by atoms with E-state index in [-0.39, 0.29) is 35.3 Å². The molecule has 0 aromatic carbocycles. The fraction of sp³-hybridized carbons (Fsp3) is 0.833. The number of ether oxygens (including phenoxy) is 2. The Balaban J connectivity index is 2.10. The molecule has 2 rings (SSSR count). The summed E-state index contributed by atoms with van der Waals surface area (Å²) < 4.78 is 10.5. The molecule has 0 saturated heterocycles. The standard InChI is InChI=1S/C24H40O5/c1-17-9-12-24(5)21(16-29-19(3)27)7-6-8-22(24)23(17,4)13-10-20(15-25)11-14-28-18(2)26/h7,17,20,22,25H,6,8-16H2,1-5H3/t17-,20+,22-,23+,24+/m1/s1. The highest BCUT2D eigenvalue weighted by molar-refractivity contribution is 5.66. The number of carbonyl (C=O) groups is 2. The van der Waals surface area contributed by atoms with Gasteiger partial charge in [0, 0.05) is 20.5 Å². The molecule has 1 saturated carbocycles. The number of fused-ring (bicyclic) bond motifs is 1. The minimum Gasteiger partial charge on any atom is -0.466 e. The zero-order chi connectivity index (χ0) is 21.7. The molecule has 0 heterocycles. The van der Waals surface area contributed by atoms with Gasteiger partial charge in [-0.2, -0.15) is 0 Å². The second-order valence-electron chi connectivity index (χ2n) is 9.72. The van der Waals surface area contributed by atoms with Crippen molar-refractivity contribution in [1.29, 1.82) is 0 Å². The summed E-state index contributed by atoms with van der Waals surface area (Å²) in [7, 11) is 0. The van der Waals surface area contributed by atoms with Gasteiger partial charge in [0.15, 0.2) is 0 Å². The molecular weight excluding hydrogens is 368 g/mol. The molecule has 1 N–H and O–H groups in total. The normalized spacial score (nSPS) is 32.7. The third kappa shape index (κ3) is 5.62. The molecule has 1 fully saturated rings. The van der Waals surface area contributed by atoms with Crippen molar-refractivity contribution in [2.24, 2.45) is 28.6 Å². The van der Waals surface area contributed by atoms with Gasteiger partial charge < -0.3 is 14.6 Å². The Morgan fingerprint density at radius 1 is 1.17 bits per heavy atom. The first-order chi connectivity index (χ1) is 13.6. The van der Waals surface area contributed by atoms with Crippen LogP contribution in [0, 0.1) is 28.6 Å². The molecule has 29 heavy (non-hydrogen) atoms. The Bertz CT molecular complexity index is 612. The van der Waals surface area contributed by atoms with Crippen molar-refractivity contribution in [3.05, 3.63) is 11.6 Å². The van der Waals surface area contributed by atoms with Crippen LogP contribution in [0.1, 0.15) is 79.6 Å². The summed E-state index contributed by atoms with van der Waals surface area (Å²) in [6.07, 6.45) is 9.50. The third-order valence-corrected chi connectivity index (χ3v) is 7.98. The predicted molar refractivity (Wildman–Crippen MR) is 113 cm³/mol. The largest absolute Gasteiger partial charge is 0.466 e. The molecule has 2 aliphatic carbocycles. The SMILES string of the molecule is CC(=O)OCC[C@@H](CO)CC[C@@]1(C)[C@H](C)CC[C@@]2(C)C(COC(C)=O)=CCC[C@H]12. The Morgan fingerprint density at radius 2 is 1.86 bits per heavy atom. The molecule has 5 atom stereocenters. The zero-order valence-electron chi connectivity index (χ0n) is 19.0. The quantitative estimate of drug-likeness (QED) is 0.443. The van der Waals surface area contributed by atoms with Gasteiger partial charge in [-0.25, -0.2) is 0 Å². The van der Waals surface area contributed by atoms with E-state index in [0.29, 0.717) is 31.5 Å². The molecular formula is C24H40O5. The molecule has 0 bridgehead atoms. The van der Waals surface area contributed by atoms with Crippen molar-refractivity contribution in [3.63, 3.8) is 0 Å². The van der Waals surface area contributed by atoms with Crippen LogP contribution in [-0.4, -0.2) is 36.9 Å². The summed E-state index contributed by atoms with van der Waals surface area (Å²) in [5.74, 6) is 0.830. The zero-order valence-corrected chi connectivity index (χ0v) is 19.0. The van der Waals surface area contributed by atoms with Gasteiger partial charge in [0.2, 0.25) is 0 Å². The van der Waals surface area contributed by atoms with E-state index in [0.717, 1.165) is 38.5 Å². The van der Waals surface area contributed by atoms with E-state index in [1.165, 1.54) is 19.4 Å². The highest BCUT2D eigenvalue weighted by atomic mass is 16.5. The first-order valence-corrected chi connectivity index (χ1v) is 11.2. The van der Waals surface area contributed by atoms with Crippen molar-refractivity contribution in [1.82, 2.24) is 0 Å². The maximum atomic E-state index is 11.4. The van der Waals surface area contributed by atoms with Crippen molar-refractivity contribution in [2.75, 3.05) is 19.8 Å². The van der Waals surface area contributed by atoms with E-state index in [1.54, 1.807) is 0 Å². The third-order valence-electron chi connectivity index (χ3n) is 7.98. The Morgan fingerprint density at radius 3 is 2.48 bits per heavy atom. The number of esters is 2. The highest BCUT2D eigenvalue weighted by Gasteiger charge is 2.53. The Labute approximate surface area is 176 Å². The minimum atomic E-state index is -0.264. The van der Waals surface area contributed by atoms with Gasteiger partial charge in [-0.3, -0.25) is 9.59 Å². The summed E-state index contributed by atoms with van der Waals surface area (Å²) in [6.45, 7) is 11.0. The number of hydrogen-bond donors (Lipinski definition) is 1. The average molecular weight is 409 g/mol. The van der Waals surface area contributed by atoms with Gasteiger partial charge in [0.1, 0.15) is 6.61 Å². The topological polar surface area (TPSA) is 72.8 Å². The molecule has 5 heteroatoms. The molecule has 5 nitrogen and oxygen atoms in total. The number of aliphatic hydroxyl groups is 1. The van der Waals surface area contributed by atoms with Gasteiger partial charge >= 0.3 is 11.9 Å². The summed E-state index contributed by atoms with van der Waals surface area (Å²) in [5, 5.41) is 9.82. The smallest absolute Gasteiger partial charge is 0.302 e. The van der Waals surface area contributed by atoms with E-state index in [4.69, 9.17) is 9.47 Å². The first-order valence-electron chi connectivity index (χ1n) is 11.2. The highest BCUT2D eigenvalue weighted by Crippen LogP contribution is 2.62. The molecule has 0 spiro atoms. The van der Waals surface area contributed by atoms with Crippen LogP contribution in [0.15, 0.2) is 11.6 Å². The van der Waals surface area contributed by atoms with E-state index in [2.05, 4.69) is 26.8 Å². The number of carbonyl (C=O) groups excluding carboxylic acids is 2. The Kier molecular flexibility index (Phi) is 8.33. The van der Waals surface area contributed by atoms with Crippen molar-refractivity contribution >= 4 is 11.9 Å². The van der Waals surface area contributed by atoms with E-state index < -0.39 is 0 Å². The van der Waals surface area contributed by atoms with E-state index in [1.807, 2.05) is 0 Å². The summed E-state index contributed by atoms with van der Waals surface area (Å²) in [4.78, 5) is 22.4. The van der Waals surface area contributed by atoms with Crippen molar-refractivity contribution < 1.29 is 24.2 Å². The minimum absolute atomic E-state index is 0.0708. The number of allylic oxidation sites excluding steroid dienone is 1. The molecule has 0 unspecified atom stereocenters. The van der Waals surface area contributed by atoms with E-state index >= 15 is 0 Å². The lowest BCUT2D eigenvalue weighted by Crippen LogP contribution is -2.50. The second-order valence-corrected chi connectivity index (χ2v) is 9.72. The fourth-order valence-corrected chi connectivity index (χ4v) is 5.82. The van der Waals surface area contributed by atoms with Crippen LogP contribution in [0.25, 0.3) is 0 Å². The molecule has 0 amide bonds. The lowest BCUT2D eigenvalue weighted by atomic mass is 9.46. The summed E-state index contributed by atoms with van der Waals surface area (Å²) in [6, 6.07) is 0. The molecule has 0 aliphatic heterocycles. The van der Waals surface area contributed by atoms with Gasteiger partial charge in [-0.15, -0.1) is 0 Å². The maximum Gasteiger partial charge on any atom is 0.302 e. The van der Waals surface area contributed by atoms with Crippen LogP contribution in [0.3, 0.4) is 0 Å². The first kappa shape index (κ1) is 23.9. The van der Waals surface area contributed by atoms with Gasteiger partial charge in [-0.1, -0.05) is 26.8 Å². The second kappa shape index (κ2) is 10.1. The number of rotatable bonds is 9. The van der Waals surface area contributed by atoms with Crippen LogP contribution in [0.5, 0.6) is 0 Å². The summed E-state index contributed by atoms with van der Waals surface area (Å²) >= 11 is 0. The van der Waals surface area contributed by atoms with Crippen LogP contribution in [0.2, 0.25) is 0 Å². The molecule has 0 aromatic rings. The van der Waals surface area contributed by atoms with Crippen LogP contribution >= 0.6 is 0 Å². The molecule has 166 valence electrons. The van der Waals surface area contributed by atoms with E-state index in [9.17, 15) is 14.7 Å². The summed E-state index contributed by atoms with van der Waals surface area (Å²) in [5.41, 5.74) is 1.54. The monoisotopic (exact) mass is 408 g/mol. The predicted octanol–water partition coefficient (Wildman–Crippen LogP) is 4.67. The molecule has 0 aromatic heterocycles. The number of aliphatic hydroxyl groups excluding tert-OH is 1. The lowest BCUT2D eigenvalue weighted by Gasteiger charge is -2.58.